The lowest BCUT2D eigenvalue weighted by molar-refractivity contribution is -0.124. The Bertz CT molecular complexity index is 645. The van der Waals surface area contributed by atoms with Gasteiger partial charge in [0.15, 0.2) is 0 Å². The summed E-state index contributed by atoms with van der Waals surface area (Å²) in [6.45, 7) is 0.653. The molecular weight excluding hydrogens is 333 g/mol. The first-order valence-electron chi connectivity index (χ1n) is 7.60. The molecule has 0 radical (unpaired) electrons. The van der Waals surface area contributed by atoms with Gasteiger partial charge in [0.25, 0.3) is 0 Å². The number of aromatic nitrogens is 1. The molecule has 1 saturated carbocycles. The predicted octanol–water partition coefficient (Wildman–Crippen LogP) is 2.86. The van der Waals surface area contributed by atoms with Gasteiger partial charge in [0.05, 0.1) is 5.52 Å². The molecule has 23 heavy (non-hydrogen) atoms. The number of para-hydroxylation sites is 1. The molecule has 0 aliphatic heterocycles. The Morgan fingerprint density at radius 3 is 2.74 bits per heavy atom. The van der Waals surface area contributed by atoms with Crippen LogP contribution in [-0.4, -0.2) is 23.5 Å². The van der Waals surface area contributed by atoms with E-state index < -0.39 is 0 Å². The molecule has 2 unspecified atom stereocenters. The van der Waals surface area contributed by atoms with Gasteiger partial charge in [-0.3, -0.25) is 9.78 Å². The second-order valence-corrected chi connectivity index (χ2v) is 5.80. The zero-order valence-corrected chi connectivity index (χ0v) is 14.5. The van der Waals surface area contributed by atoms with Gasteiger partial charge in [-0.15, -0.1) is 24.8 Å². The van der Waals surface area contributed by atoms with E-state index in [0.717, 1.165) is 36.6 Å². The highest BCUT2D eigenvalue weighted by Gasteiger charge is 2.27. The van der Waals surface area contributed by atoms with Crippen LogP contribution in [0.3, 0.4) is 0 Å². The Balaban J connectivity index is 0.00000132. The van der Waals surface area contributed by atoms with Crippen molar-refractivity contribution in [2.45, 2.75) is 31.7 Å². The van der Waals surface area contributed by atoms with E-state index in [0.29, 0.717) is 6.54 Å². The van der Waals surface area contributed by atoms with Crippen LogP contribution in [0.4, 0.5) is 0 Å². The number of halogens is 2. The second-order valence-electron chi connectivity index (χ2n) is 5.80. The van der Waals surface area contributed by atoms with E-state index >= 15 is 0 Å². The minimum absolute atomic E-state index is 0. The SMILES string of the molecule is Cl.Cl.NC1CCC(C(=O)NCCc2cccc3cccnc23)C1. The molecule has 0 spiro atoms. The molecule has 1 aromatic carbocycles. The second kappa shape index (κ2) is 9.06. The molecule has 1 amide bonds. The molecule has 3 N–H and O–H groups in total. The zero-order chi connectivity index (χ0) is 14.7. The van der Waals surface area contributed by atoms with Crippen LogP contribution in [0.25, 0.3) is 10.9 Å². The molecule has 1 heterocycles. The highest BCUT2D eigenvalue weighted by atomic mass is 35.5. The third kappa shape index (κ3) is 4.80. The fraction of sp³-hybridized carbons (Fsp3) is 0.412. The number of rotatable bonds is 4. The summed E-state index contributed by atoms with van der Waals surface area (Å²) in [4.78, 5) is 16.5. The number of pyridine rings is 1. The molecule has 4 nitrogen and oxygen atoms in total. The third-order valence-electron chi connectivity index (χ3n) is 4.25. The standard InChI is InChI=1S/C17H21N3O.2ClH/c18-15-7-6-14(11-15)17(21)20-10-8-13-4-1-3-12-5-2-9-19-16(12)13;;/h1-5,9,14-15H,6-8,10-11,18H2,(H,20,21);2*1H. The van der Waals surface area contributed by atoms with E-state index in [2.05, 4.69) is 28.5 Å². The topological polar surface area (TPSA) is 68.0 Å². The largest absolute Gasteiger partial charge is 0.356 e. The normalized spacial score (nSPS) is 19.7. The van der Waals surface area contributed by atoms with Crippen molar-refractivity contribution in [1.82, 2.24) is 10.3 Å². The van der Waals surface area contributed by atoms with Gasteiger partial charge >= 0.3 is 0 Å². The quantitative estimate of drug-likeness (QED) is 0.885. The lowest BCUT2D eigenvalue weighted by Gasteiger charge is -2.11. The molecule has 6 heteroatoms. The number of carbonyl (C=O) groups is 1. The van der Waals surface area contributed by atoms with Gasteiger partial charge in [-0.25, -0.2) is 0 Å². The predicted molar refractivity (Wildman–Crippen MR) is 98.3 cm³/mol. The Kier molecular flexibility index (Phi) is 7.76. The average Bonchev–Trinajstić information content (AvgIpc) is 2.94. The van der Waals surface area contributed by atoms with Crippen LogP contribution in [-0.2, 0) is 11.2 Å². The fourth-order valence-corrected chi connectivity index (χ4v) is 3.09. The average molecular weight is 356 g/mol. The zero-order valence-electron chi connectivity index (χ0n) is 12.9. The summed E-state index contributed by atoms with van der Waals surface area (Å²) in [6.07, 6.45) is 5.32. The summed E-state index contributed by atoms with van der Waals surface area (Å²) >= 11 is 0. The van der Waals surface area contributed by atoms with Crippen molar-refractivity contribution in [1.29, 1.82) is 0 Å². The van der Waals surface area contributed by atoms with E-state index in [1.165, 1.54) is 5.56 Å². The molecule has 1 aromatic heterocycles. The molecule has 1 aliphatic rings. The van der Waals surface area contributed by atoms with Gasteiger partial charge in [0.2, 0.25) is 5.91 Å². The fourth-order valence-electron chi connectivity index (χ4n) is 3.09. The van der Waals surface area contributed by atoms with E-state index in [4.69, 9.17) is 5.73 Å². The number of benzene rings is 1. The van der Waals surface area contributed by atoms with E-state index in [1.54, 1.807) is 0 Å². The highest BCUT2D eigenvalue weighted by Crippen LogP contribution is 2.24. The molecule has 2 atom stereocenters. The van der Waals surface area contributed by atoms with Crippen LogP contribution in [0.1, 0.15) is 24.8 Å². The first-order valence-corrected chi connectivity index (χ1v) is 7.60. The van der Waals surface area contributed by atoms with E-state index in [-0.39, 0.29) is 42.7 Å². The van der Waals surface area contributed by atoms with Crippen LogP contribution >= 0.6 is 24.8 Å². The van der Waals surface area contributed by atoms with Crippen molar-refractivity contribution in [2.75, 3.05) is 6.54 Å². The monoisotopic (exact) mass is 355 g/mol. The van der Waals surface area contributed by atoms with Crippen molar-refractivity contribution in [3.8, 4) is 0 Å². The highest BCUT2D eigenvalue weighted by molar-refractivity contribution is 5.85. The Hall–Kier alpha value is -1.36. The number of hydrogen-bond donors (Lipinski definition) is 2. The van der Waals surface area contributed by atoms with Gasteiger partial charge in [-0.1, -0.05) is 24.3 Å². The molecule has 0 saturated heterocycles. The summed E-state index contributed by atoms with van der Waals surface area (Å²) in [7, 11) is 0. The lowest BCUT2D eigenvalue weighted by Crippen LogP contribution is -2.31. The van der Waals surface area contributed by atoms with E-state index in [9.17, 15) is 4.79 Å². The van der Waals surface area contributed by atoms with Gasteiger partial charge < -0.3 is 11.1 Å². The number of fused-ring (bicyclic) bond motifs is 1. The number of hydrogen-bond acceptors (Lipinski definition) is 3. The molecule has 1 aliphatic carbocycles. The number of nitrogens with two attached hydrogens (primary N) is 1. The minimum atomic E-state index is 0. The van der Waals surface area contributed by atoms with Crippen LogP contribution in [0, 0.1) is 5.92 Å². The molecule has 126 valence electrons. The molecule has 3 rings (SSSR count). The smallest absolute Gasteiger partial charge is 0.223 e. The Morgan fingerprint density at radius 1 is 1.22 bits per heavy atom. The summed E-state index contributed by atoms with van der Waals surface area (Å²) in [5.74, 6) is 0.252. The number of amides is 1. The Morgan fingerprint density at radius 2 is 2.00 bits per heavy atom. The maximum Gasteiger partial charge on any atom is 0.223 e. The van der Waals surface area contributed by atoms with Crippen molar-refractivity contribution in [3.63, 3.8) is 0 Å². The van der Waals surface area contributed by atoms with E-state index in [1.807, 2.05) is 18.3 Å². The van der Waals surface area contributed by atoms with Crippen molar-refractivity contribution in [2.24, 2.45) is 11.7 Å². The van der Waals surface area contributed by atoms with Crippen LogP contribution in [0.15, 0.2) is 36.5 Å². The van der Waals surface area contributed by atoms with Gasteiger partial charge in [-0.2, -0.15) is 0 Å². The maximum atomic E-state index is 12.1. The van der Waals surface area contributed by atoms with Crippen LogP contribution in [0.5, 0.6) is 0 Å². The van der Waals surface area contributed by atoms with Crippen molar-refractivity contribution in [3.05, 3.63) is 42.1 Å². The summed E-state index contributed by atoms with van der Waals surface area (Å²) in [5.41, 5.74) is 8.06. The first kappa shape index (κ1) is 19.7. The first-order chi connectivity index (χ1) is 10.2. The van der Waals surface area contributed by atoms with Crippen LogP contribution in [0.2, 0.25) is 0 Å². The third-order valence-corrected chi connectivity index (χ3v) is 4.25. The molecule has 1 fully saturated rings. The minimum Gasteiger partial charge on any atom is -0.356 e. The van der Waals surface area contributed by atoms with Gasteiger partial charge in [0.1, 0.15) is 0 Å². The van der Waals surface area contributed by atoms with Gasteiger partial charge in [0, 0.05) is 30.1 Å². The lowest BCUT2D eigenvalue weighted by atomic mass is 10.1. The summed E-state index contributed by atoms with van der Waals surface area (Å²) in [6, 6.07) is 10.4. The number of carbonyl (C=O) groups excluding carboxylic acids is 1. The summed E-state index contributed by atoms with van der Waals surface area (Å²) in [5, 5.41) is 4.18. The number of nitrogens with zero attached hydrogens (tertiary/aromatic N) is 1. The molecular formula is C17H23Cl2N3O. The summed E-state index contributed by atoms with van der Waals surface area (Å²) < 4.78 is 0. The Labute approximate surface area is 149 Å². The van der Waals surface area contributed by atoms with Crippen LogP contribution < -0.4 is 11.1 Å². The van der Waals surface area contributed by atoms with Gasteiger partial charge in [-0.05, 0) is 37.3 Å². The molecule has 2 aromatic rings. The maximum absolute atomic E-state index is 12.1. The van der Waals surface area contributed by atoms with Crippen molar-refractivity contribution >= 4 is 41.6 Å². The number of nitrogens with one attached hydrogen (secondary N) is 1. The molecule has 0 bridgehead atoms. The van der Waals surface area contributed by atoms with Crippen molar-refractivity contribution < 1.29 is 4.79 Å².